The molecule has 0 aliphatic carbocycles. The standard InChI is InChI=1S/C14H13NO2S/c1-18(16,17)11-13(12-7-3-2-4-8-12)14-9-5-6-10-15-14/h2-11H,1H3/b13-11-. The molecule has 2 rings (SSSR count). The van der Waals surface area contributed by atoms with Gasteiger partial charge in [-0.15, -0.1) is 0 Å². The zero-order chi connectivity index (χ0) is 13.0. The highest BCUT2D eigenvalue weighted by Crippen LogP contribution is 2.22. The number of sulfone groups is 1. The van der Waals surface area contributed by atoms with E-state index in [1.807, 2.05) is 36.4 Å². The summed E-state index contributed by atoms with van der Waals surface area (Å²) in [4.78, 5) is 4.21. The van der Waals surface area contributed by atoms with E-state index in [0.29, 0.717) is 11.3 Å². The lowest BCUT2D eigenvalue weighted by Gasteiger charge is -2.06. The Morgan fingerprint density at radius 1 is 1.06 bits per heavy atom. The van der Waals surface area contributed by atoms with Crippen molar-refractivity contribution in [1.82, 2.24) is 4.98 Å². The first-order valence-corrected chi connectivity index (χ1v) is 7.40. The fraction of sp³-hybridized carbons (Fsp3) is 0.0714. The summed E-state index contributed by atoms with van der Waals surface area (Å²) >= 11 is 0. The Labute approximate surface area is 107 Å². The third-order valence-corrected chi connectivity index (χ3v) is 3.02. The first-order chi connectivity index (χ1) is 8.56. The Hall–Kier alpha value is -1.94. The topological polar surface area (TPSA) is 47.0 Å². The summed E-state index contributed by atoms with van der Waals surface area (Å²) in [5.41, 5.74) is 2.09. The van der Waals surface area contributed by atoms with Crippen LogP contribution in [0.15, 0.2) is 60.1 Å². The van der Waals surface area contributed by atoms with Gasteiger partial charge in [0.15, 0.2) is 9.84 Å². The van der Waals surface area contributed by atoms with Gasteiger partial charge in [0.05, 0.1) is 5.69 Å². The van der Waals surface area contributed by atoms with Gasteiger partial charge in [0.25, 0.3) is 0 Å². The Balaban J connectivity index is 2.60. The molecule has 0 spiro atoms. The van der Waals surface area contributed by atoms with Crippen LogP contribution in [-0.4, -0.2) is 19.7 Å². The van der Waals surface area contributed by atoms with Gasteiger partial charge in [-0.05, 0) is 17.7 Å². The van der Waals surface area contributed by atoms with Crippen molar-refractivity contribution in [3.8, 4) is 0 Å². The summed E-state index contributed by atoms with van der Waals surface area (Å²) in [7, 11) is -3.22. The molecule has 0 atom stereocenters. The van der Waals surface area contributed by atoms with E-state index in [-0.39, 0.29) is 0 Å². The maximum Gasteiger partial charge on any atom is 0.169 e. The summed E-state index contributed by atoms with van der Waals surface area (Å²) in [5.74, 6) is 0. The van der Waals surface area contributed by atoms with E-state index < -0.39 is 9.84 Å². The second kappa shape index (κ2) is 5.14. The van der Waals surface area contributed by atoms with Gasteiger partial charge in [0, 0.05) is 23.4 Å². The first kappa shape index (κ1) is 12.5. The number of nitrogens with zero attached hydrogens (tertiary/aromatic N) is 1. The number of pyridine rings is 1. The van der Waals surface area contributed by atoms with E-state index in [4.69, 9.17) is 0 Å². The summed E-state index contributed by atoms with van der Waals surface area (Å²) in [5, 5.41) is 1.25. The van der Waals surface area contributed by atoms with Gasteiger partial charge in [-0.1, -0.05) is 36.4 Å². The Morgan fingerprint density at radius 2 is 1.72 bits per heavy atom. The van der Waals surface area contributed by atoms with E-state index in [1.165, 1.54) is 11.7 Å². The van der Waals surface area contributed by atoms with E-state index in [9.17, 15) is 8.42 Å². The number of rotatable bonds is 3. The minimum atomic E-state index is -3.22. The normalized spacial score (nSPS) is 12.4. The van der Waals surface area contributed by atoms with Gasteiger partial charge in [0.1, 0.15) is 0 Å². The SMILES string of the molecule is CS(=O)(=O)/C=C(/c1ccccc1)c1ccccn1. The molecule has 2 aromatic rings. The molecule has 0 radical (unpaired) electrons. The van der Waals surface area contributed by atoms with Crippen molar-refractivity contribution in [3.63, 3.8) is 0 Å². The Bertz CT molecular complexity index is 605. The lowest BCUT2D eigenvalue weighted by atomic mass is 10.0. The zero-order valence-corrected chi connectivity index (χ0v) is 10.8. The van der Waals surface area contributed by atoms with Crippen molar-refractivity contribution < 1.29 is 8.42 Å². The summed E-state index contributed by atoms with van der Waals surface area (Å²) in [6.07, 6.45) is 2.83. The fourth-order valence-corrected chi connectivity index (χ4v) is 2.32. The second-order valence-electron chi connectivity index (χ2n) is 3.94. The highest BCUT2D eigenvalue weighted by atomic mass is 32.2. The maximum atomic E-state index is 11.5. The molecule has 0 unspecified atom stereocenters. The second-order valence-corrected chi connectivity index (χ2v) is 5.84. The number of hydrogen-bond donors (Lipinski definition) is 0. The molecule has 92 valence electrons. The van der Waals surface area contributed by atoms with Gasteiger partial charge >= 0.3 is 0 Å². The van der Waals surface area contributed by atoms with Gasteiger partial charge < -0.3 is 0 Å². The summed E-state index contributed by atoms with van der Waals surface area (Å²) < 4.78 is 23.0. The van der Waals surface area contributed by atoms with Crippen molar-refractivity contribution in [2.75, 3.05) is 6.26 Å². The van der Waals surface area contributed by atoms with E-state index in [2.05, 4.69) is 4.98 Å². The van der Waals surface area contributed by atoms with Crippen LogP contribution in [0, 0.1) is 0 Å². The molecule has 0 bridgehead atoms. The molecule has 1 heterocycles. The summed E-state index contributed by atoms with van der Waals surface area (Å²) in [6.45, 7) is 0. The van der Waals surface area contributed by atoms with Crippen molar-refractivity contribution in [3.05, 3.63) is 71.4 Å². The molecule has 0 aliphatic rings. The molecular weight excluding hydrogens is 246 g/mol. The van der Waals surface area contributed by atoms with Crippen LogP contribution in [0.2, 0.25) is 0 Å². The molecule has 1 aromatic heterocycles. The van der Waals surface area contributed by atoms with Gasteiger partial charge in [-0.2, -0.15) is 0 Å². The van der Waals surface area contributed by atoms with Crippen LogP contribution in [-0.2, 0) is 9.84 Å². The minimum Gasteiger partial charge on any atom is -0.256 e. The number of hydrogen-bond acceptors (Lipinski definition) is 3. The molecule has 0 fully saturated rings. The van der Waals surface area contributed by atoms with Crippen LogP contribution >= 0.6 is 0 Å². The molecule has 1 aromatic carbocycles. The predicted molar refractivity (Wildman–Crippen MR) is 72.6 cm³/mol. The molecule has 0 N–H and O–H groups in total. The smallest absolute Gasteiger partial charge is 0.169 e. The number of aromatic nitrogens is 1. The van der Waals surface area contributed by atoms with Crippen LogP contribution in [0.4, 0.5) is 0 Å². The third-order valence-electron chi connectivity index (χ3n) is 2.36. The van der Waals surface area contributed by atoms with Gasteiger partial charge in [0.2, 0.25) is 0 Å². The highest BCUT2D eigenvalue weighted by molar-refractivity contribution is 7.93. The summed E-state index contributed by atoms with van der Waals surface area (Å²) in [6, 6.07) is 14.8. The van der Waals surface area contributed by atoms with E-state index in [1.54, 1.807) is 18.3 Å². The van der Waals surface area contributed by atoms with Crippen molar-refractivity contribution >= 4 is 15.4 Å². The van der Waals surface area contributed by atoms with Crippen LogP contribution < -0.4 is 0 Å². The Kier molecular flexibility index (Phi) is 3.58. The van der Waals surface area contributed by atoms with Crippen molar-refractivity contribution in [2.24, 2.45) is 0 Å². The fourth-order valence-electron chi connectivity index (χ4n) is 1.63. The average molecular weight is 259 g/mol. The maximum absolute atomic E-state index is 11.5. The van der Waals surface area contributed by atoms with E-state index in [0.717, 1.165) is 5.56 Å². The quantitative estimate of drug-likeness (QED) is 0.851. The van der Waals surface area contributed by atoms with Crippen molar-refractivity contribution in [1.29, 1.82) is 0 Å². The molecule has 3 nitrogen and oxygen atoms in total. The largest absolute Gasteiger partial charge is 0.256 e. The van der Waals surface area contributed by atoms with Crippen LogP contribution in [0.3, 0.4) is 0 Å². The third kappa shape index (κ3) is 3.28. The van der Waals surface area contributed by atoms with Crippen LogP contribution in [0.1, 0.15) is 11.3 Å². The molecule has 18 heavy (non-hydrogen) atoms. The molecule has 0 aliphatic heterocycles. The zero-order valence-electron chi connectivity index (χ0n) is 9.95. The molecular formula is C14H13NO2S. The first-order valence-electron chi connectivity index (χ1n) is 5.45. The lowest BCUT2D eigenvalue weighted by Crippen LogP contribution is -1.96. The lowest BCUT2D eigenvalue weighted by molar-refractivity contribution is 0.610. The predicted octanol–water partition coefficient (Wildman–Crippen LogP) is 2.52. The van der Waals surface area contributed by atoms with Crippen LogP contribution in [0.5, 0.6) is 0 Å². The van der Waals surface area contributed by atoms with Gasteiger partial charge in [-0.3, -0.25) is 4.98 Å². The van der Waals surface area contributed by atoms with Crippen LogP contribution in [0.25, 0.3) is 5.57 Å². The molecule has 0 amide bonds. The molecule has 4 heteroatoms. The average Bonchev–Trinajstić information content (AvgIpc) is 2.37. The monoisotopic (exact) mass is 259 g/mol. The van der Waals surface area contributed by atoms with E-state index >= 15 is 0 Å². The minimum absolute atomic E-state index is 0.610. The highest BCUT2D eigenvalue weighted by Gasteiger charge is 2.09. The molecule has 0 saturated carbocycles. The van der Waals surface area contributed by atoms with Crippen molar-refractivity contribution in [2.45, 2.75) is 0 Å². The van der Waals surface area contributed by atoms with Gasteiger partial charge in [-0.25, -0.2) is 8.42 Å². The molecule has 0 saturated heterocycles. The number of benzene rings is 1. The Morgan fingerprint density at radius 3 is 2.28 bits per heavy atom.